The lowest BCUT2D eigenvalue weighted by molar-refractivity contribution is -0.384. The van der Waals surface area contributed by atoms with E-state index in [1.54, 1.807) is 23.5 Å². The van der Waals surface area contributed by atoms with Crippen LogP contribution in [0.5, 0.6) is 5.75 Å². The van der Waals surface area contributed by atoms with E-state index in [0.717, 1.165) is 21.5 Å². The molecule has 0 aliphatic carbocycles. The predicted molar refractivity (Wildman–Crippen MR) is 86.8 cm³/mol. The Morgan fingerprint density at radius 2 is 2.24 bits per heavy atom. The molecule has 0 bridgehead atoms. The summed E-state index contributed by atoms with van der Waals surface area (Å²) < 4.78 is 6.83. The highest BCUT2D eigenvalue weighted by molar-refractivity contribution is 9.10. The van der Waals surface area contributed by atoms with Crippen molar-refractivity contribution >= 4 is 33.0 Å². The minimum absolute atomic E-state index is 0.0764. The first-order chi connectivity index (χ1) is 10.1. The molecule has 1 aromatic heterocycles. The minimum atomic E-state index is -0.394. The lowest BCUT2D eigenvalue weighted by Crippen LogP contribution is -2.13. The molecule has 0 unspecified atom stereocenters. The lowest BCUT2D eigenvalue weighted by Gasteiger charge is -2.11. The Balaban J connectivity index is 2.16. The van der Waals surface area contributed by atoms with Gasteiger partial charge in [-0.25, -0.2) is 0 Å². The molecule has 0 atom stereocenters. The summed E-state index contributed by atoms with van der Waals surface area (Å²) in [5.74, 6) is 0.668. The van der Waals surface area contributed by atoms with Crippen LogP contribution in [0.15, 0.2) is 34.1 Å². The summed E-state index contributed by atoms with van der Waals surface area (Å²) in [5.41, 5.74) is 0.867. The maximum Gasteiger partial charge on any atom is 0.270 e. The van der Waals surface area contributed by atoms with Gasteiger partial charge in [0.05, 0.1) is 9.80 Å². The Morgan fingerprint density at radius 3 is 2.86 bits per heavy atom. The zero-order valence-electron chi connectivity index (χ0n) is 11.5. The van der Waals surface area contributed by atoms with Crippen LogP contribution < -0.4 is 10.1 Å². The average molecular weight is 371 g/mol. The minimum Gasteiger partial charge on any atom is -0.488 e. The number of nitro groups is 1. The van der Waals surface area contributed by atoms with E-state index in [0.29, 0.717) is 18.9 Å². The number of rotatable bonds is 7. The highest BCUT2D eigenvalue weighted by Crippen LogP contribution is 2.28. The second-order valence-corrected chi connectivity index (χ2v) is 6.16. The molecule has 0 aliphatic heterocycles. The molecule has 0 amide bonds. The Kier molecular flexibility index (Phi) is 5.72. The number of hydrogen-bond donors (Lipinski definition) is 1. The highest BCUT2D eigenvalue weighted by atomic mass is 79.9. The first-order valence-electron chi connectivity index (χ1n) is 6.44. The monoisotopic (exact) mass is 370 g/mol. The standard InChI is InChI=1S/C14H15BrN2O3S/c1-2-16-8-10-7-11(17(18)19)3-4-13(10)20-9-14-12(15)5-6-21-14/h3-7,16H,2,8-9H2,1H3. The van der Waals surface area contributed by atoms with E-state index < -0.39 is 4.92 Å². The van der Waals surface area contributed by atoms with E-state index in [-0.39, 0.29) is 5.69 Å². The van der Waals surface area contributed by atoms with E-state index in [1.807, 2.05) is 18.4 Å². The van der Waals surface area contributed by atoms with E-state index in [4.69, 9.17) is 4.74 Å². The summed E-state index contributed by atoms with van der Waals surface area (Å²) in [6, 6.07) is 6.65. The third kappa shape index (κ3) is 4.26. The topological polar surface area (TPSA) is 64.4 Å². The Labute approximate surface area is 135 Å². The van der Waals surface area contributed by atoms with Crippen molar-refractivity contribution in [1.29, 1.82) is 0 Å². The molecule has 1 heterocycles. The molecule has 0 fully saturated rings. The number of nitrogens with one attached hydrogen (secondary N) is 1. The second-order valence-electron chi connectivity index (χ2n) is 4.31. The third-order valence-corrected chi connectivity index (χ3v) is 4.77. The Hall–Kier alpha value is -1.44. The number of ether oxygens (including phenoxy) is 1. The molecule has 1 N–H and O–H groups in total. The third-order valence-electron chi connectivity index (χ3n) is 2.87. The molecule has 1 aromatic carbocycles. The van der Waals surface area contributed by atoms with Crippen LogP contribution in [-0.4, -0.2) is 11.5 Å². The average Bonchev–Trinajstić information content (AvgIpc) is 2.88. The number of thiophene rings is 1. The van der Waals surface area contributed by atoms with Gasteiger partial charge in [-0.15, -0.1) is 11.3 Å². The van der Waals surface area contributed by atoms with Crippen LogP contribution in [0.3, 0.4) is 0 Å². The van der Waals surface area contributed by atoms with E-state index in [1.165, 1.54) is 6.07 Å². The first kappa shape index (κ1) is 15.9. The van der Waals surface area contributed by atoms with Crippen LogP contribution in [0.2, 0.25) is 0 Å². The molecule has 2 rings (SSSR count). The van der Waals surface area contributed by atoms with Crippen molar-refractivity contribution in [2.24, 2.45) is 0 Å². The predicted octanol–water partition coefficient (Wildman–Crippen LogP) is 4.11. The van der Waals surface area contributed by atoms with Crippen LogP contribution in [0.4, 0.5) is 5.69 Å². The number of halogens is 1. The molecule has 0 spiro atoms. The number of benzene rings is 1. The fourth-order valence-electron chi connectivity index (χ4n) is 1.79. The summed E-state index contributed by atoms with van der Waals surface area (Å²) in [6.07, 6.45) is 0. The van der Waals surface area contributed by atoms with Crippen molar-refractivity contribution < 1.29 is 9.66 Å². The fraction of sp³-hybridized carbons (Fsp3) is 0.286. The molecule has 21 heavy (non-hydrogen) atoms. The van der Waals surface area contributed by atoms with Crippen LogP contribution in [0.1, 0.15) is 17.4 Å². The van der Waals surface area contributed by atoms with Gasteiger partial charge in [0.25, 0.3) is 5.69 Å². The van der Waals surface area contributed by atoms with E-state index in [2.05, 4.69) is 21.2 Å². The number of nitro benzene ring substituents is 1. The normalized spacial score (nSPS) is 10.6. The fourth-order valence-corrected chi connectivity index (χ4v) is 3.17. The van der Waals surface area contributed by atoms with Gasteiger partial charge in [0.15, 0.2) is 0 Å². The maximum atomic E-state index is 10.9. The van der Waals surface area contributed by atoms with Crippen molar-refractivity contribution in [2.75, 3.05) is 6.54 Å². The van der Waals surface area contributed by atoms with Crippen LogP contribution in [-0.2, 0) is 13.2 Å². The molecule has 0 aliphatic rings. The van der Waals surface area contributed by atoms with Gasteiger partial charge in [-0.1, -0.05) is 6.92 Å². The van der Waals surface area contributed by atoms with Crippen LogP contribution >= 0.6 is 27.3 Å². The molecule has 0 radical (unpaired) electrons. The molecule has 7 heteroatoms. The summed E-state index contributed by atoms with van der Waals surface area (Å²) in [5, 5.41) is 16.0. The second kappa shape index (κ2) is 7.53. The van der Waals surface area contributed by atoms with E-state index in [9.17, 15) is 10.1 Å². The van der Waals surface area contributed by atoms with Gasteiger partial charge in [-0.2, -0.15) is 0 Å². The molecule has 0 saturated heterocycles. The maximum absolute atomic E-state index is 10.9. The molecular weight excluding hydrogens is 356 g/mol. The zero-order valence-corrected chi connectivity index (χ0v) is 13.9. The van der Waals surface area contributed by atoms with Crippen molar-refractivity contribution in [2.45, 2.75) is 20.1 Å². The largest absolute Gasteiger partial charge is 0.488 e. The molecule has 2 aromatic rings. The van der Waals surface area contributed by atoms with Gasteiger partial charge in [0, 0.05) is 28.7 Å². The Morgan fingerprint density at radius 1 is 1.43 bits per heavy atom. The van der Waals surface area contributed by atoms with Crippen LogP contribution in [0.25, 0.3) is 0 Å². The smallest absolute Gasteiger partial charge is 0.270 e. The zero-order chi connectivity index (χ0) is 15.2. The number of nitrogens with zero attached hydrogens (tertiary/aromatic N) is 1. The van der Waals surface area contributed by atoms with Crippen molar-refractivity contribution in [1.82, 2.24) is 5.32 Å². The lowest BCUT2D eigenvalue weighted by atomic mass is 10.1. The van der Waals surface area contributed by atoms with Gasteiger partial charge in [0.2, 0.25) is 0 Å². The number of hydrogen-bond acceptors (Lipinski definition) is 5. The van der Waals surface area contributed by atoms with Gasteiger partial charge in [0.1, 0.15) is 12.4 Å². The highest BCUT2D eigenvalue weighted by Gasteiger charge is 2.12. The SMILES string of the molecule is CCNCc1cc([N+](=O)[O-])ccc1OCc1sccc1Br. The molecular formula is C14H15BrN2O3S. The quantitative estimate of drug-likeness (QED) is 0.588. The summed E-state index contributed by atoms with van der Waals surface area (Å²) in [4.78, 5) is 11.6. The molecule has 0 saturated carbocycles. The van der Waals surface area contributed by atoms with Gasteiger partial charge in [-0.3, -0.25) is 10.1 Å². The van der Waals surface area contributed by atoms with Gasteiger partial charge < -0.3 is 10.1 Å². The summed E-state index contributed by atoms with van der Waals surface area (Å²) >= 11 is 5.06. The van der Waals surface area contributed by atoms with E-state index >= 15 is 0 Å². The first-order valence-corrected chi connectivity index (χ1v) is 8.11. The number of non-ortho nitro benzene ring substituents is 1. The van der Waals surface area contributed by atoms with Crippen molar-refractivity contribution in [3.05, 3.63) is 54.7 Å². The van der Waals surface area contributed by atoms with Crippen molar-refractivity contribution in [3.8, 4) is 5.75 Å². The molecule has 112 valence electrons. The summed E-state index contributed by atoms with van der Waals surface area (Å²) in [6.45, 7) is 3.76. The van der Waals surface area contributed by atoms with Gasteiger partial charge in [-0.05, 0) is 40.0 Å². The van der Waals surface area contributed by atoms with Gasteiger partial charge >= 0.3 is 0 Å². The van der Waals surface area contributed by atoms with Crippen LogP contribution in [0, 0.1) is 10.1 Å². The molecule has 5 nitrogen and oxygen atoms in total. The Bertz CT molecular complexity index is 630. The summed E-state index contributed by atoms with van der Waals surface area (Å²) in [7, 11) is 0. The van der Waals surface area contributed by atoms with Crippen molar-refractivity contribution in [3.63, 3.8) is 0 Å².